The Hall–Kier alpha value is -3.15. The molecule has 0 unspecified atom stereocenters. The van der Waals surface area contributed by atoms with Crippen molar-refractivity contribution in [3.63, 3.8) is 0 Å². The van der Waals surface area contributed by atoms with Crippen LogP contribution in [0.15, 0.2) is 84.9 Å². The Morgan fingerprint density at radius 1 is 0.848 bits per heavy atom. The van der Waals surface area contributed by atoms with Crippen LogP contribution in [0.5, 0.6) is 0 Å². The average Bonchev–Trinajstić information content (AvgIpc) is 3.20. The Morgan fingerprint density at radius 2 is 1.39 bits per heavy atom. The lowest BCUT2D eigenvalue weighted by Crippen LogP contribution is -2.45. The van der Waals surface area contributed by atoms with Gasteiger partial charge in [0.15, 0.2) is 5.41 Å². The SMILES string of the molecule is COC(=O)C1(C(=O)OC)C[C@H](c2ccccc2)N(Cc2ccccc2)[C@@H]1c1ccc(Cl)cc1. The largest absolute Gasteiger partial charge is 0.468 e. The van der Waals surface area contributed by atoms with E-state index in [9.17, 15) is 9.59 Å². The van der Waals surface area contributed by atoms with E-state index in [1.807, 2.05) is 72.8 Å². The highest BCUT2D eigenvalue weighted by molar-refractivity contribution is 6.30. The summed E-state index contributed by atoms with van der Waals surface area (Å²) in [7, 11) is 2.62. The molecule has 33 heavy (non-hydrogen) atoms. The van der Waals surface area contributed by atoms with Crippen LogP contribution in [0.2, 0.25) is 5.02 Å². The van der Waals surface area contributed by atoms with Gasteiger partial charge in [-0.15, -0.1) is 0 Å². The van der Waals surface area contributed by atoms with Gasteiger partial charge in [0.1, 0.15) is 0 Å². The molecule has 3 aromatic rings. The summed E-state index contributed by atoms with van der Waals surface area (Å²) in [5.41, 5.74) is 1.35. The molecule has 0 saturated carbocycles. The number of nitrogens with zero attached hydrogens (tertiary/aromatic N) is 1. The Kier molecular flexibility index (Phi) is 6.82. The van der Waals surface area contributed by atoms with Gasteiger partial charge in [-0.1, -0.05) is 84.4 Å². The molecular formula is C27H26ClNO4. The maximum Gasteiger partial charge on any atom is 0.325 e. The number of rotatable bonds is 6. The second-order valence-electron chi connectivity index (χ2n) is 8.20. The molecule has 1 aliphatic rings. The Morgan fingerprint density at radius 3 is 1.94 bits per heavy atom. The zero-order valence-electron chi connectivity index (χ0n) is 18.6. The van der Waals surface area contributed by atoms with Crippen molar-refractivity contribution in [3.8, 4) is 0 Å². The number of carbonyl (C=O) groups is 2. The second kappa shape index (κ2) is 9.77. The molecule has 170 valence electrons. The maximum absolute atomic E-state index is 13.4. The minimum absolute atomic E-state index is 0.217. The van der Waals surface area contributed by atoms with Gasteiger partial charge < -0.3 is 9.47 Å². The van der Waals surface area contributed by atoms with E-state index in [1.165, 1.54) is 14.2 Å². The standard InChI is InChI=1S/C27H26ClNO4/c1-32-25(30)27(26(31)33-2)17-23(20-11-7-4-8-12-20)29(18-19-9-5-3-6-10-19)24(27)21-13-15-22(28)16-14-21/h3-16,23-24H,17-18H2,1-2H3/t23-,24-/m1/s1. The number of methoxy groups -OCH3 is 2. The topological polar surface area (TPSA) is 55.8 Å². The van der Waals surface area contributed by atoms with Gasteiger partial charge in [-0.3, -0.25) is 14.5 Å². The van der Waals surface area contributed by atoms with Gasteiger partial charge >= 0.3 is 11.9 Å². The summed E-state index contributed by atoms with van der Waals surface area (Å²) >= 11 is 6.16. The van der Waals surface area contributed by atoms with Crippen LogP contribution in [0.3, 0.4) is 0 Å². The molecule has 1 heterocycles. The summed E-state index contributed by atoms with van der Waals surface area (Å²) < 4.78 is 10.5. The van der Waals surface area contributed by atoms with Crippen molar-refractivity contribution in [2.45, 2.75) is 25.0 Å². The van der Waals surface area contributed by atoms with E-state index >= 15 is 0 Å². The van der Waals surface area contributed by atoms with Gasteiger partial charge in [0.05, 0.1) is 20.3 Å². The summed E-state index contributed by atoms with van der Waals surface area (Å²) in [6.45, 7) is 0.531. The minimum atomic E-state index is -1.54. The first-order chi connectivity index (χ1) is 16.0. The molecule has 6 heteroatoms. The van der Waals surface area contributed by atoms with Crippen LogP contribution in [0.1, 0.15) is 35.2 Å². The van der Waals surface area contributed by atoms with Gasteiger partial charge in [0, 0.05) is 17.6 Å². The molecule has 0 aromatic heterocycles. The fraction of sp³-hybridized carbons (Fsp3) is 0.259. The Balaban J connectivity index is 1.94. The van der Waals surface area contributed by atoms with E-state index in [0.29, 0.717) is 11.6 Å². The molecule has 0 N–H and O–H groups in total. The average molecular weight is 464 g/mol. The summed E-state index contributed by atoms with van der Waals surface area (Å²) in [5.74, 6) is -1.21. The maximum atomic E-state index is 13.4. The highest BCUT2D eigenvalue weighted by Crippen LogP contribution is 2.57. The number of esters is 2. The number of benzene rings is 3. The summed E-state index contributed by atoms with van der Waals surface area (Å²) in [6, 6.07) is 26.3. The number of halogens is 1. The molecule has 3 aromatic carbocycles. The minimum Gasteiger partial charge on any atom is -0.468 e. The van der Waals surface area contributed by atoms with E-state index in [0.717, 1.165) is 16.7 Å². The Labute approximate surface area is 198 Å². The highest BCUT2D eigenvalue weighted by Gasteiger charge is 2.64. The predicted molar refractivity (Wildman–Crippen MR) is 126 cm³/mol. The van der Waals surface area contributed by atoms with Crippen molar-refractivity contribution in [3.05, 3.63) is 107 Å². The van der Waals surface area contributed by atoms with Crippen molar-refractivity contribution < 1.29 is 19.1 Å². The number of ether oxygens (including phenoxy) is 2. The van der Waals surface area contributed by atoms with Crippen LogP contribution in [0.25, 0.3) is 0 Å². The third-order valence-electron chi connectivity index (χ3n) is 6.39. The summed E-state index contributed by atoms with van der Waals surface area (Å²) in [5, 5.41) is 0.577. The van der Waals surface area contributed by atoms with Crippen molar-refractivity contribution in [1.29, 1.82) is 0 Å². The molecule has 1 aliphatic heterocycles. The first-order valence-corrected chi connectivity index (χ1v) is 11.2. The van der Waals surface area contributed by atoms with Crippen molar-refractivity contribution >= 4 is 23.5 Å². The number of carbonyl (C=O) groups excluding carboxylic acids is 2. The molecule has 0 radical (unpaired) electrons. The van der Waals surface area contributed by atoms with Crippen LogP contribution < -0.4 is 0 Å². The van der Waals surface area contributed by atoms with Crippen molar-refractivity contribution in [2.24, 2.45) is 5.41 Å². The number of hydrogen-bond acceptors (Lipinski definition) is 5. The third kappa shape index (κ3) is 4.26. The fourth-order valence-corrected chi connectivity index (χ4v) is 5.06. The highest BCUT2D eigenvalue weighted by atomic mass is 35.5. The molecule has 5 nitrogen and oxygen atoms in total. The van der Waals surface area contributed by atoms with Gasteiger partial charge in [-0.25, -0.2) is 0 Å². The molecule has 0 bridgehead atoms. The van der Waals surface area contributed by atoms with E-state index in [-0.39, 0.29) is 12.5 Å². The van der Waals surface area contributed by atoms with E-state index in [2.05, 4.69) is 4.90 Å². The van der Waals surface area contributed by atoms with Gasteiger partial charge in [-0.05, 0) is 35.2 Å². The van der Waals surface area contributed by atoms with Crippen LogP contribution in [-0.2, 0) is 25.6 Å². The van der Waals surface area contributed by atoms with Gasteiger partial charge in [0.2, 0.25) is 0 Å². The van der Waals surface area contributed by atoms with E-state index in [1.54, 1.807) is 12.1 Å². The molecule has 0 amide bonds. The van der Waals surface area contributed by atoms with Crippen LogP contribution in [0, 0.1) is 5.41 Å². The molecule has 1 fully saturated rings. The lowest BCUT2D eigenvalue weighted by Gasteiger charge is -2.35. The van der Waals surface area contributed by atoms with Gasteiger partial charge in [0.25, 0.3) is 0 Å². The molecule has 1 saturated heterocycles. The summed E-state index contributed by atoms with van der Waals surface area (Å²) in [4.78, 5) is 29.0. The lowest BCUT2D eigenvalue weighted by molar-refractivity contribution is -0.171. The van der Waals surface area contributed by atoms with Crippen LogP contribution in [-0.4, -0.2) is 31.1 Å². The molecular weight excluding hydrogens is 438 g/mol. The molecule has 0 spiro atoms. The second-order valence-corrected chi connectivity index (χ2v) is 8.63. The first kappa shape index (κ1) is 23.0. The normalized spacial score (nSPS) is 19.7. The van der Waals surface area contributed by atoms with Crippen molar-refractivity contribution in [2.75, 3.05) is 14.2 Å². The molecule has 2 atom stereocenters. The fourth-order valence-electron chi connectivity index (χ4n) is 4.94. The monoisotopic (exact) mass is 463 g/mol. The van der Waals surface area contributed by atoms with Gasteiger partial charge in [-0.2, -0.15) is 0 Å². The number of likely N-dealkylation sites (tertiary alicyclic amines) is 1. The summed E-state index contributed by atoms with van der Waals surface area (Å²) in [6.07, 6.45) is 0.233. The zero-order valence-corrected chi connectivity index (χ0v) is 19.4. The van der Waals surface area contributed by atoms with Crippen LogP contribution >= 0.6 is 11.6 Å². The molecule has 4 rings (SSSR count). The molecule has 0 aliphatic carbocycles. The zero-order chi connectivity index (χ0) is 23.4. The quantitative estimate of drug-likeness (QED) is 0.364. The Bertz CT molecular complexity index is 1090. The smallest absolute Gasteiger partial charge is 0.325 e. The lowest BCUT2D eigenvalue weighted by atomic mass is 9.75. The predicted octanol–water partition coefficient (Wildman–Crippen LogP) is 5.36. The van der Waals surface area contributed by atoms with Crippen LogP contribution in [0.4, 0.5) is 0 Å². The van der Waals surface area contributed by atoms with E-state index in [4.69, 9.17) is 21.1 Å². The first-order valence-electron chi connectivity index (χ1n) is 10.8. The van der Waals surface area contributed by atoms with E-state index < -0.39 is 23.4 Å². The van der Waals surface area contributed by atoms with Crippen molar-refractivity contribution in [1.82, 2.24) is 4.90 Å². The third-order valence-corrected chi connectivity index (χ3v) is 6.64. The number of hydrogen-bond donors (Lipinski definition) is 0.